The third-order valence-corrected chi connectivity index (χ3v) is 4.07. The highest BCUT2D eigenvalue weighted by Crippen LogP contribution is 2.24. The summed E-state index contributed by atoms with van der Waals surface area (Å²) in [6.07, 6.45) is 2.91. The van der Waals surface area contributed by atoms with Crippen molar-refractivity contribution >= 4 is 40.8 Å². The number of piperidine rings is 1. The van der Waals surface area contributed by atoms with E-state index in [-0.39, 0.29) is 5.92 Å². The predicted octanol–water partition coefficient (Wildman–Crippen LogP) is 4.15. The third-order valence-electron chi connectivity index (χ3n) is 3.33. The van der Waals surface area contributed by atoms with Gasteiger partial charge >= 0.3 is 5.97 Å². The number of aliphatic carboxylic acids is 1. The number of rotatable bonds is 3. The number of halogens is 3. The van der Waals surface area contributed by atoms with Crippen LogP contribution in [0.1, 0.15) is 18.4 Å². The normalized spacial score (nSPS) is 16.4. The number of likely N-dealkylation sites (tertiary alicyclic amines) is 1. The first-order valence-electron chi connectivity index (χ1n) is 6.33. The van der Waals surface area contributed by atoms with Crippen LogP contribution in [-0.2, 0) is 11.3 Å². The number of carboxylic acids is 1. The monoisotopic (exact) mass is 337 g/mol. The van der Waals surface area contributed by atoms with Crippen LogP contribution in [0.2, 0.25) is 10.0 Å². The smallest absolute Gasteiger partial charge is 0.306 e. The van der Waals surface area contributed by atoms with E-state index in [4.69, 9.17) is 28.3 Å². The molecule has 1 saturated heterocycles. The summed E-state index contributed by atoms with van der Waals surface area (Å²) in [6, 6.07) is 5.62. The Morgan fingerprint density at radius 1 is 1.25 bits per heavy atom. The summed E-state index contributed by atoms with van der Waals surface area (Å²) in [5.74, 6) is -0.862. The SMILES string of the molecule is CCl.O=C(O)C1CCN(Cc2ccc(Cl)c(Cl)c2)CC1. The summed E-state index contributed by atoms with van der Waals surface area (Å²) in [4.78, 5) is 13.1. The van der Waals surface area contributed by atoms with Crippen LogP contribution >= 0.6 is 34.8 Å². The first-order chi connectivity index (χ1) is 9.56. The molecule has 1 fully saturated rings. The second-order valence-corrected chi connectivity index (χ2v) is 5.45. The first kappa shape index (κ1) is 17.6. The zero-order chi connectivity index (χ0) is 15.1. The molecule has 6 heteroatoms. The van der Waals surface area contributed by atoms with Crippen molar-refractivity contribution in [3.05, 3.63) is 33.8 Å². The van der Waals surface area contributed by atoms with Crippen molar-refractivity contribution in [3.8, 4) is 0 Å². The molecule has 1 heterocycles. The number of carboxylic acid groups (broad SMARTS) is 1. The van der Waals surface area contributed by atoms with Crippen LogP contribution in [0.25, 0.3) is 0 Å². The molecule has 1 aromatic carbocycles. The summed E-state index contributed by atoms with van der Waals surface area (Å²) in [5.41, 5.74) is 1.11. The molecule has 0 bridgehead atoms. The van der Waals surface area contributed by atoms with Crippen LogP contribution in [0.4, 0.5) is 0 Å². The molecule has 1 N–H and O–H groups in total. The van der Waals surface area contributed by atoms with Gasteiger partial charge in [0.05, 0.1) is 16.0 Å². The van der Waals surface area contributed by atoms with Crippen molar-refractivity contribution in [1.82, 2.24) is 4.90 Å². The Labute approximate surface area is 134 Å². The lowest BCUT2D eigenvalue weighted by molar-refractivity contribution is -0.143. The zero-order valence-corrected chi connectivity index (χ0v) is 13.5. The van der Waals surface area contributed by atoms with Crippen molar-refractivity contribution in [1.29, 1.82) is 0 Å². The number of hydrogen-bond donors (Lipinski definition) is 1. The molecule has 1 aromatic rings. The van der Waals surface area contributed by atoms with Crippen molar-refractivity contribution < 1.29 is 9.90 Å². The van der Waals surface area contributed by atoms with Crippen LogP contribution in [0, 0.1) is 5.92 Å². The summed E-state index contributed by atoms with van der Waals surface area (Å²) in [5, 5.41) is 10.1. The standard InChI is InChI=1S/C13H15Cl2NO2.CH3Cl/c14-11-2-1-9(7-12(11)15)8-16-5-3-10(4-6-16)13(17)18;1-2/h1-2,7,10H,3-6,8H2,(H,17,18);1H3. The Kier molecular flexibility index (Phi) is 7.67. The van der Waals surface area contributed by atoms with E-state index >= 15 is 0 Å². The number of alkyl halides is 1. The van der Waals surface area contributed by atoms with Crippen molar-refractivity contribution in [2.75, 3.05) is 19.5 Å². The lowest BCUT2D eigenvalue weighted by Gasteiger charge is -2.30. The first-order valence-corrected chi connectivity index (χ1v) is 7.84. The van der Waals surface area contributed by atoms with E-state index in [0.29, 0.717) is 10.0 Å². The molecule has 0 amide bonds. The third kappa shape index (κ3) is 5.13. The zero-order valence-electron chi connectivity index (χ0n) is 11.3. The molecule has 3 nitrogen and oxygen atoms in total. The van der Waals surface area contributed by atoms with Gasteiger partial charge in [0.25, 0.3) is 0 Å². The maximum atomic E-state index is 10.9. The van der Waals surface area contributed by atoms with Crippen LogP contribution in [0.15, 0.2) is 18.2 Å². The van der Waals surface area contributed by atoms with Crippen molar-refractivity contribution in [2.24, 2.45) is 5.92 Å². The molecule has 0 saturated carbocycles. The lowest BCUT2D eigenvalue weighted by Crippen LogP contribution is -2.35. The van der Waals surface area contributed by atoms with E-state index in [0.717, 1.165) is 38.0 Å². The summed E-state index contributed by atoms with van der Waals surface area (Å²) in [7, 11) is 0. The van der Waals surface area contributed by atoms with Crippen LogP contribution in [0.3, 0.4) is 0 Å². The van der Waals surface area contributed by atoms with Crippen molar-refractivity contribution in [2.45, 2.75) is 19.4 Å². The molecule has 1 aliphatic rings. The highest BCUT2D eigenvalue weighted by molar-refractivity contribution is 6.42. The fourth-order valence-corrected chi connectivity index (χ4v) is 2.55. The maximum absolute atomic E-state index is 10.9. The van der Waals surface area contributed by atoms with Gasteiger partial charge in [-0.2, -0.15) is 0 Å². The molecule has 0 aliphatic carbocycles. The minimum absolute atomic E-state index is 0.185. The molecular weight excluding hydrogens is 321 g/mol. The molecular formula is C14H18Cl3NO2. The van der Waals surface area contributed by atoms with Gasteiger partial charge in [0.15, 0.2) is 0 Å². The Morgan fingerprint density at radius 3 is 2.35 bits per heavy atom. The number of benzene rings is 1. The van der Waals surface area contributed by atoms with Gasteiger partial charge in [-0.15, -0.1) is 11.6 Å². The van der Waals surface area contributed by atoms with Crippen LogP contribution < -0.4 is 0 Å². The summed E-state index contributed by atoms with van der Waals surface area (Å²) in [6.45, 7) is 2.43. The molecule has 20 heavy (non-hydrogen) atoms. The second-order valence-electron chi connectivity index (χ2n) is 4.64. The van der Waals surface area contributed by atoms with Gasteiger partial charge in [0.1, 0.15) is 0 Å². The number of hydrogen-bond acceptors (Lipinski definition) is 2. The van der Waals surface area contributed by atoms with Crippen LogP contribution in [-0.4, -0.2) is 35.4 Å². The molecule has 0 aromatic heterocycles. The fraction of sp³-hybridized carbons (Fsp3) is 0.500. The molecule has 2 rings (SSSR count). The molecule has 0 unspecified atom stereocenters. The largest absolute Gasteiger partial charge is 0.481 e. The van der Waals surface area contributed by atoms with Gasteiger partial charge in [0.2, 0.25) is 0 Å². The molecule has 112 valence electrons. The average molecular weight is 339 g/mol. The quantitative estimate of drug-likeness (QED) is 0.842. The minimum Gasteiger partial charge on any atom is -0.481 e. The van der Waals surface area contributed by atoms with E-state index in [1.54, 1.807) is 6.07 Å². The van der Waals surface area contributed by atoms with Gasteiger partial charge in [-0.1, -0.05) is 29.3 Å². The van der Waals surface area contributed by atoms with E-state index in [1.807, 2.05) is 12.1 Å². The highest BCUT2D eigenvalue weighted by atomic mass is 35.5. The maximum Gasteiger partial charge on any atom is 0.306 e. The lowest BCUT2D eigenvalue weighted by atomic mass is 9.97. The van der Waals surface area contributed by atoms with Gasteiger partial charge < -0.3 is 5.11 Å². The molecule has 0 atom stereocenters. The Morgan fingerprint density at radius 2 is 1.85 bits per heavy atom. The van der Waals surface area contributed by atoms with E-state index in [9.17, 15) is 4.79 Å². The second kappa shape index (κ2) is 8.73. The molecule has 0 radical (unpaired) electrons. The van der Waals surface area contributed by atoms with Crippen LogP contribution in [0.5, 0.6) is 0 Å². The minimum atomic E-state index is -0.677. The summed E-state index contributed by atoms with van der Waals surface area (Å²) < 4.78 is 0. The van der Waals surface area contributed by atoms with Gasteiger partial charge in [-0.25, -0.2) is 0 Å². The Hall–Kier alpha value is -0.480. The van der Waals surface area contributed by atoms with Gasteiger partial charge in [0, 0.05) is 12.9 Å². The van der Waals surface area contributed by atoms with Gasteiger partial charge in [-0.3, -0.25) is 9.69 Å². The van der Waals surface area contributed by atoms with Gasteiger partial charge in [-0.05, 0) is 43.6 Å². The topological polar surface area (TPSA) is 40.5 Å². The Balaban J connectivity index is 0.000000956. The van der Waals surface area contributed by atoms with Crippen molar-refractivity contribution in [3.63, 3.8) is 0 Å². The molecule has 1 aliphatic heterocycles. The molecule has 0 spiro atoms. The van der Waals surface area contributed by atoms with E-state index in [2.05, 4.69) is 16.5 Å². The fourth-order valence-electron chi connectivity index (χ4n) is 2.23. The predicted molar refractivity (Wildman–Crippen MR) is 83.9 cm³/mol. The van der Waals surface area contributed by atoms with E-state index in [1.165, 1.54) is 6.38 Å². The number of carbonyl (C=O) groups is 1. The average Bonchev–Trinajstić information content (AvgIpc) is 2.46. The Bertz CT molecular complexity index is 446. The van der Waals surface area contributed by atoms with E-state index < -0.39 is 5.97 Å². The number of nitrogens with zero attached hydrogens (tertiary/aromatic N) is 1. The summed E-state index contributed by atoms with van der Waals surface area (Å²) >= 11 is 16.5. The highest BCUT2D eigenvalue weighted by Gasteiger charge is 2.24.